The molecule has 0 unspecified atom stereocenters. The molecule has 0 saturated heterocycles. The third-order valence-corrected chi connectivity index (χ3v) is 3.34. The highest BCUT2D eigenvalue weighted by Gasteiger charge is 2.29. The van der Waals surface area contributed by atoms with Gasteiger partial charge in [0.25, 0.3) is 0 Å². The van der Waals surface area contributed by atoms with Crippen molar-refractivity contribution in [2.24, 2.45) is 5.41 Å². The molecule has 1 amide bonds. The van der Waals surface area contributed by atoms with E-state index in [-0.39, 0.29) is 17.1 Å². The van der Waals surface area contributed by atoms with Crippen molar-refractivity contribution in [1.82, 2.24) is 0 Å². The molecule has 0 bridgehead atoms. The summed E-state index contributed by atoms with van der Waals surface area (Å²) in [5.74, 6) is 0.800. The predicted molar refractivity (Wildman–Crippen MR) is 78.4 cm³/mol. The third kappa shape index (κ3) is 3.00. The van der Waals surface area contributed by atoms with Gasteiger partial charge in [0.2, 0.25) is 5.91 Å². The van der Waals surface area contributed by atoms with Crippen LogP contribution in [0.1, 0.15) is 44.0 Å². The van der Waals surface area contributed by atoms with Gasteiger partial charge in [-0.1, -0.05) is 20.8 Å². The van der Waals surface area contributed by atoms with E-state index in [1.165, 1.54) is 0 Å². The number of ether oxygens (including phenoxy) is 1. The maximum atomic E-state index is 12.5. The van der Waals surface area contributed by atoms with Crippen LogP contribution in [0.5, 0.6) is 5.75 Å². The minimum Gasteiger partial charge on any atom is -0.497 e. The average Bonchev–Trinajstić information content (AvgIpc) is 2.36. The van der Waals surface area contributed by atoms with E-state index >= 15 is 0 Å². The molecule has 1 aromatic rings. The Kier molecular flexibility index (Phi) is 3.84. The zero-order chi connectivity index (χ0) is 14.9. The van der Waals surface area contributed by atoms with Crippen LogP contribution in [-0.2, 0) is 4.79 Å². The molecule has 0 spiro atoms. The second-order valence-electron chi connectivity index (χ2n) is 6.34. The number of carbonyl (C=O) groups is 2. The lowest BCUT2D eigenvalue weighted by Crippen LogP contribution is -2.39. The number of hydrogen-bond donors (Lipinski definition) is 0. The van der Waals surface area contributed by atoms with Gasteiger partial charge in [-0.2, -0.15) is 0 Å². The molecule has 0 saturated carbocycles. The molecule has 1 aromatic carbocycles. The number of methoxy groups -OCH3 is 1. The Hall–Kier alpha value is -1.84. The Morgan fingerprint density at radius 1 is 1.35 bits per heavy atom. The minimum atomic E-state index is -0.0719. The number of rotatable bonds is 2. The maximum Gasteiger partial charge on any atom is 0.227 e. The van der Waals surface area contributed by atoms with Crippen LogP contribution in [0.4, 0.5) is 5.69 Å². The van der Waals surface area contributed by atoms with E-state index in [1.54, 1.807) is 30.2 Å². The largest absolute Gasteiger partial charge is 0.497 e. The van der Waals surface area contributed by atoms with E-state index in [4.69, 9.17) is 4.74 Å². The second-order valence-corrected chi connectivity index (χ2v) is 6.34. The summed E-state index contributed by atoms with van der Waals surface area (Å²) in [6, 6.07) is 5.27. The number of benzene rings is 1. The topological polar surface area (TPSA) is 46.6 Å². The van der Waals surface area contributed by atoms with Gasteiger partial charge in [0.15, 0.2) is 5.78 Å². The van der Waals surface area contributed by atoms with Crippen molar-refractivity contribution in [2.45, 2.75) is 33.6 Å². The molecular formula is C16H21NO3. The summed E-state index contributed by atoms with van der Waals surface area (Å²) >= 11 is 0. The Balaban J connectivity index is 2.36. The minimum absolute atomic E-state index is 0.0551. The molecule has 1 heterocycles. The van der Waals surface area contributed by atoms with Crippen LogP contribution >= 0.6 is 0 Å². The highest BCUT2D eigenvalue weighted by Crippen LogP contribution is 2.32. The molecule has 4 heteroatoms. The lowest BCUT2D eigenvalue weighted by molar-refractivity contribution is -0.120. The molecular weight excluding hydrogens is 254 g/mol. The van der Waals surface area contributed by atoms with Crippen LogP contribution in [0.3, 0.4) is 0 Å². The Morgan fingerprint density at radius 3 is 2.65 bits per heavy atom. The lowest BCUT2D eigenvalue weighted by Gasteiger charge is -2.31. The van der Waals surface area contributed by atoms with Crippen molar-refractivity contribution >= 4 is 17.4 Å². The van der Waals surface area contributed by atoms with Gasteiger partial charge in [-0.05, 0) is 17.5 Å². The van der Waals surface area contributed by atoms with E-state index < -0.39 is 0 Å². The summed E-state index contributed by atoms with van der Waals surface area (Å²) in [6.45, 7) is 6.55. The molecule has 0 N–H and O–H groups in total. The van der Waals surface area contributed by atoms with Crippen LogP contribution in [0, 0.1) is 5.41 Å². The van der Waals surface area contributed by atoms with Crippen molar-refractivity contribution in [3.05, 3.63) is 23.8 Å². The number of ketones is 1. The highest BCUT2D eigenvalue weighted by molar-refractivity contribution is 6.09. The average molecular weight is 275 g/mol. The normalized spacial score (nSPS) is 15.0. The first kappa shape index (κ1) is 14.6. The highest BCUT2D eigenvalue weighted by atomic mass is 16.5. The SMILES string of the molecule is COc1ccc2c(c1)N(C(=O)CC(C)(C)C)CCC2=O. The number of fused-ring (bicyclic) bond motifs is 1. The summed E-state index contributed by atoms with van der Waals surface area (Å²) in [7, 11) is 1.58. The van der Waals surface area contributed by atoms with Crippen molar-refractivity contribution in [2.75, 3.05) is 18.6 Å². The quantitative estimate of drug-likeness (QED) is 0.833. The zero-order valence-corrected chi connectivity index (χ0v) is 12.5. The molecule has 0 fully saturated rings. The lowest BCUT2D eigenvalue weighted by atomic mass is 9.90. The summed E-state index contributed by atoms with van der Waals surface area (Å²) in [4.78, 5) is 26.1. The fourth-order valence-corrected chi connectivity index (χ4v) is 2.37. The van der Waals surface area contributed by atoms with Gasteiger partial charge >= 0.3 is 0 Å². The summed E-state index contributed by atoms with van der Waals surface area (Å²) in [5, 5.41) is 0. The van der Waals surface area contributed by atoms with Crippen LogP contribution in [-0.4, -0.2) is 25.3 Å². The van der Waals surface area contributed by atoms with Gasteiger partial charge in [0.05, 0.1) is 12.8 Å². The number of anilines is 1. The van der Waals surface area contributed by atoms with Gasteiger partial charge in [0.1, 0.15) is 5.75 Å². The molecule has 2 rings (SSSR count). The van der Waals surface area contributed by atoms with E-state index in [0.29, 0.717) is 36.4 Å². The maximum absolute atomic E-state index is 12.5. The first-order valence-corrected chi connectivity index (χ1v) is 6.83. The fraction of sp³-hybridized carbons (Fsp3) is 0.500. The number of amides is 1. The van der Waals surface area contributed by atoms with Crippen LogP contribution in [0.2, 0.25) is 0 Å². The summed E-state index contributed by atoms with van der Waals surface area (Å²) in [5.41, 5.74) is 1.21. The smallest absolute Gasteiger partial charge is 0.227 e. The molecule has 108 valence electrons. The molecule has 1 aliphatic heterocycles. The van der Waals surface area contributed by atoms with Crippen molar-refractivity contribution in [3.8, 4) is 5.75 Å². The molecule has 20 heavy (non-hydrogen) atoms. The van der Waals surface area contributed by atoms with Crippen molar-refractivity contribution in [1.29, 1.82) is 0 Å². The molecule has 0 atom stereocenters. The molecule has 0 aromatic heterocycles. The molecule has 4 nitrogen and oxygen atoms in total. The van der Waals surface area contributed by atoms with Crippen molar-refractivity contribution in [3.63, 3.8) is 0 Å². The van der Waals surface area contributed by atoms with Crippen LogP contribution < -0.4 is 9.64 Å². The molecule has 0 radical (unpaired) electrons. The first-order valence-electron chi connectivity index (χ1n) is 6.83. The summed E-state index contributed by atoms with van der Waals surface area (Å²) < 4.78 is 5.20. The van der Waals surface area contributed by atoms with Gasteiger partial charge in [-0.25, -0.2) is 0 Å². The van der Waals surface area contributed by atoms with Gasteiger partial charge < -0.3 is 9.64 Å². The second kappa shape index (κ2) is 5.27. The van der Waals surface area contributed by atoms with Gasteiger partial charge in [-0.3, -0.25) is 9.59 Å². The number of carbonyl (C=O) groups excluding carboxylic acids is 2. The fourth-order valence-electron chi connectivity index (χ4n) is 2.37. The third-order valence-electron chi connectivity index (χ3n) is 3.34. The van der Waals surface area contributed by atoms with E-state index in [0.717, 1.165) is 0 Å². The Bertz CT molecular complexity index is 543. The molecule has 0 aliphatic carbocycles. The predicted octanol–water partition coefficient (Wildman–Crippen LogP) is 3.05. The number of hydrogen-bond acceptors (Lipinski definition) is 3. The van der Waals surface area contributed by atoms with Crippen LogP contribution in [0.25, 0.3) is 0 Å². The van der Waals surface area contributed by atoms with Crippen LogP contribution in [0.15, 0.2) is 18.2 Å². The number of Topliss-reactive ketones (excluding diaryl/α,β-unsaturated/α-hetero) is 1. The monoisotopic (exact) mass is 275 g/mol. The van der Waals surface area contributed by atoms with Gasteiger partial charge in [0, 0.05) is 31.0 Å². The van der Waals surface area contributed by atoms with E-state index in [2.05, 4.69) is 0 Å². The van der Waals surface area contributed by atoms with Gasteiger partial charge in [-0.15, -0.1) is 0 Å². The van der Waals surface area contributed by atoms with E-state index in [9.17, 15) is 9.59 Å². The Morgan fingerprint density at radius 2 is 2.05 bits per heavy atom. The Labute approximate surface area is 119 Å². The number of nitrogens with zero attached hydrogens (tertiary/aromatic N) is 1. The first-order chi connectivity index (χ1) is 9.31. The van der Waals surface area contributed by atoms with Crippen molar-refractivity contribution < 1.29 is 14.3 Å². The van der Waals surface area contributed by atoms with E-state index in [1.807, 2.05) is 20.8 Å². The zero-order valence-electron chi connectivity index (χ0n) is 12.5. The molecule has 1 aliphatic rings. The standard InChI is InChI=1S/C16H21NO3/c1-16(2,3)10-15(19)17-8-7-14(18)12-6-5-11(20-4)9-13(12)17/h5-6,9H,7-8,10H2,1-4H3. The summed E-state index contributed by atoms with van der Waals surface area (Å²) in [6.07, 6.45) is 0.840.